The molecule has 0 rings (SSSR count). The van der Waals surface area contributed by atoms with Crippen molar-refractivity contribution in [3.05, 3.63) is 0 Å². The fraction of sp³-hybridized carbons (Fsp3) is 0. The molecule has 21 heteroatoms. The molecule has 0 saturated heterocycles. The van der Waals surface area contributed by atoms with Crippen LogP contribution in [0.1, 0.15) is 18.5 Å². The quantitative estimate of drug-likeness (QED) is 0.242. The predicted molar refractivity (Wildman–Crippen MR) is 72.4 cm³/mol. The first-order valence-corrected chi connectivity index (χ1v) is 0. The molecule has 0 aromatic carbocycles. The molecular weight excluding hydrogens is 582 g/mol. The Labute approximate surface area is 487 Å². The van der Waals surface area contributed by atoms with Gasteiger partial charge in [-0.25, -0.2) is 0 Å². The molecule has 0 aliphatic heterocycles. The van der Waals surface area contributed by atoms with E-state index in [0.717, 1.165) is 0 Å². The molecule has 90 valence electrons. The van der Waals surface area contributed by atoms with E-state index in [4.69, 9.17) is 0 Å². The smallest absolute Gasteiger partial charge is 1.00 e. The SMILES string of the molecule is Cl.Cl.Cl.Cl.Cl.Cl.Cl.Cl.[H-].[H-].[H-].[H-].[H-].[H-].[H-].[H-].[H-].[H-].[H-].[H-].[H-].[Na+].[Na+].[Na+].[Na+].[Na+].[Na+].[Na+].[Na+].[Na+].[Na+].[Na+].[Na+].[Na+]. The van der Waals surface area contributed by atoms with Gasteiger partial charge in [-0.15, -0.1) is 99.3 Å². The van der Waals surface area contributed by atoms with Crippen LogP contribution < -0.4 is 384 Å². The van der Waals surface area contributed by atoms with E-state index in [1.165, 1.54) is 0 Å². The first-order valence-electron chi connectivity index (χ1n) is 0. The van der Waals surface area contributed by atoms with E-state index in [0.29, 0.717) is 0 Å². The van der Waals surface area contributed by atoms with Crippen molar-refractivity contribution in [1.82, 2.24) is 0 Å². The third-order valence-electron chi connectivity index (χ3n) is 0. The molecule has 0 aliphatic carbocycles. The van der Waals surface area contributed by atoms with Gasteiger partial charge in [-0.2, -0.15) is 0 Å². The van der Waals surface area contributed by atoms with Crippen molar-refractivity contribution < 1.29 is 403 Å². The van der Waals surface area contributed by atoms with Gasteiger partial charge < -0.3 is 18.5 Å². The molecule has 0 saturated carbocycles. The summed E-state index contributed by atoms with van der Waals surface area (Å²) in [4.78, 5) is 0. The van der Waals surface area contributed by atoms with E-state index in [1.807, 2.05) is 0 Å². The summed E-state index contributed by atoms with van der Waals surface area (Å²) in [6, 6.07) is 0. The maximum absolute atomic E-state index is 0. The van der Waals surface area contributed by atoms with E-state index in [-0.39, 0.29) is 502 Å². The average Bonchev–Trinajstić information content (AvgIpc) is 0. The average molecular weight is 604 g/mol. The van der Waals surface area contributed by atoms with Crippen LogP contribution in [0.25, 0.3) is 0 Å². The second-order valence-electron chi connectivity index (χ2n) is 0. The number of halogens is 8. The summed E-state index contributed by atoms with van der Waals surface area (Å²) in [5.41, 5.74) is 0. The molecule has 0 bridgehead atoms. The zero-order chi connectivity index (χ0) is 0. The maximum Gasteiger partial charge on any atom is 1.00 e. The van der Waals surface area contributed by atoms with Crippen LogP contribution in [0.5, 0.6) is 0 Å². The summed E-state index contributed by atoms with van der Waals surface area (Å²) >= 11 is 0. The van der Waals surface area contributed by atoms with Gasteiger partial charge in [0, 0.05) is 0 Å². The minimum Gasteiger partial charge on any atom is -1.00 e. The summed E-state index contributed by atoms with van der Waals surface area (Å²) in [5.74, 6) is 0. The Morgan fingerprint density at radius 1 is 0.143 bits per heavy atom. The van der Waals surface area contributed by atoms with Crippen molar-refractivity contribution in [3.8, 4) is 0 Å². The van der Waals surface area contributed by atoms with Gasteiger partial charge in [-0.1, -0.05) is 0 Å². The monoisotopic (exact) mass is 600 g/mol. The van der Waals surface area contributed by atoms with E-state index in [1.54, 1.807) is 0 Å². The summed E-state index contributed by atoms with van der Waals surface area (Å²) in [5, 5.41) is 0. The summed E-state index contributed by atoms with van der Waals surface area (Å²) in [7, 11) is 0. The van der Waals surface area contributed by atoms with E-state index < -0.39 is 0 Å². The van der Waals surface area contributed by atoms with Gasteiger partial charge >= 0.3 is 384 Å². The third kappa shape index (κ3) is 167. The van der Waals surface area contributed by atoms with Crippen LogP contribution in [0.15, 0.2) is 0 Å². The minimum atomic E-state index is 0. The molecule has 0 N–H and O–H groups in total. The molecule has 21 heavy (non-hydrogen) atoms. The topological polar surface area (TPSA) is 0 Å². The van der Waals surface area contributed by atoms with Crippen LogP contribution in [0.4, 0.5) is 0 Å². The second-order valence-corrected chi connectivity index (χ2v) is 0. The van der Waals surface area contributed by atoms with Crippen molar-refractivity contribution in [2.24, 2.45) is 0 Å². The van der Waals surface area contributed by atoms with Crippen molar-refractivity contribution >= 4 is 99.3 Å². The van der Waals surface area contributed by atoms with E-state index >= 15 is 0 Å². The van der Waals surface area contributed by atoms with Crippen LogP contribution in [0.2, 0.25) is 0 Å². The molecule has 0 unspecified atom stereocenters. The van der Waals surface area contributed by atoms with E-state index in [2.05, 4.69) is 0 Å². The van der Waals surface area contributed by atoms with Gasteiger partial charge in [-0.05, 0) is 0 Å². The predicted octanol–water partition coefficient (Wildman–Crippen LogP) is -34.1. The van der Waals surface area contributed by atoms with Gasteiger partial charge in [-0.3, -0.25) is 0 Å². The fourth-order valence-electron chi connectivity index (χ4n) is 0. The van der Waals surface area contributed by atoms with Crippen molar-refractivity contribution in [1.29, 1.82) is 0 Å². The van der Waals surface area contributed by atoms with Gasteiger partial charge in [0.2, 0.25) is 0 Å². The Morgan fingerprint density at radius 3 is 0.143 bits per heavy atom. The molecule has 0 aromatic rings. The van der Waals surface area contributed by atoms with Gasteiger partial charge in [0.1, 0.15) is 0 Å². The van der Waals surface area contributed by atoms with Crippen molar-refractivity contribution in [2.45, 2.75) is 0 Å². The van der Waals surface area contributed by atoms with Gasteiger partial charge in [0.25, 0.3) is 0 Å². The molecule has 0 aromatic heterocycles. The molecule has 0 aliphatic rings. The zero-order valence-corrected chi connectivity index (χ0v) is 48.8. The first kappa shape index (κ1) is 193. The van der Waals surface area contributed by atoms with Gasteiger partial charge in [0.05, 0.1) is 0 Å². The normalized spacial score (nSPS) is 0. The number of hydrogen-bond acceptors (Lipinski definition) is 0. The Kier molecular flexibility index (Phi) is 1630. The van der Waals surface area contributed by atoms with E-state index in [9.17, 15) is 0 Å². The molecule has 0 amide bonds. The Bertz CT molecular complexity index is 52.8. The van der Waals surface area contributed by atoms with Crippen LogP contribution in [-0.4, -0.2) is 0 Å². The Hall–Kier alpha value is 15.3. The Balaban J connectivity index is 0. The molecule has 0 radical (unpaired) electrons. The van der Waals surface area contributed by atoms with Crippen LogP contribution >= 0.6 is 99.3 Å². The molecule has 0 spiro atoms. The third-order valence-corrected chi connectivity index (χ3v) is 0. The zero-order valence-electron chi connectivity index (χ0n) is 29.3. The van der Waals surface area contributed by atoms with Crippen molar-refractivity contribution in [3.63, 3.8) is 0 Å². The van der Waals surface area contributed by atoms with Gasteiger partial charge in [0.15, 0.2) is 0 Å². The molecule has 0 heterocycles. The Morgan fingerprint density at radius 2 is 0.143 bits per heavy atom. The first-order chi connectivity index (χ1) is 0. The van der Waals surface area contributed by atoms with Crippen LogP contribution in [0, 0.1) is 0 Å². The fourth-order valence-corrected chi connectivity index (χ4v) is 0. The molecule has 0 nitrogen and oxygen atoms in total. The molecular formula is H21Cl8Na13. The summed E-state index contributed by atoms with van der Waals surface area (Å²) < 4.78 is 0. The number of rotatable bonds is 0. The molecule has 0 fully saturated rings. The summed E-state index contributed by atoms with van der Waals surface area (Å²) in [6.07, 6.45) is 0. The molecule has 0 atom stereocenters. The van der Waals surface area contributed by atoms with Crippen LogP contribution in [0.3, 0.4) is 0 Å². The number of hydrogen-bond donors (Lipinski definition) is 0. The minimum absolute atomic E-state index is 0. The largest absolute Gasteiger partial charge is 1.00 e. The summed E-state index contributed by atoms with van der Waals surface area (Å²) in [6.45, 7) is 0. The standard InChI is InChI=1S/8ClH.13Na.13H/h8*1H;;;;;;;;;;;;;;;;;;;;;;;;;;/q;;;;;;;;13*+1;13*-1. The maximum atomic E-state index is 0. The second kappa shape index (κ2) is 177. The van der Waals surface area contributed by atoms with Crippen molar-refractivity contribution in [2.75, 3.05) is 0 Å². The van der Waals surface area contributed by atoms with Crippen LogP contribution in [-0.2, 0) is 0 Å².